The molecule has 26 heavy (non-hydrogen) atoms. The van der Waals surface area contributed by atoms with E-state index in [0.29, 0.717) is 5.39 Å². The van der Waals surface area contributed by atoms with Gasteiger partial charge in [-0.1, -0.05) is 35.4 Å². The molecule has 1 heterocycles. The van der Waals surface area contributed by atoms with E-state index >= 15 is 0 Å². The number of hydrogen-bond acceptors (Lipinski definition) is 1. The van der Waals surface area contributed by atoms with Crippen LogP contribution in [0.4, 0.5) is 13.2 Å². The number of aryl methyl sites for hydroxylation is 2. The first kappa shape index (κ1) is 16.6. The van der Waals surface area contributed by atoms with E-state index in [1.54, 1.807) is 18.5 Å². The second-order valence-corrected chi connectivity index (χ2v) is 6.66. The SMILES string of the molecule is Cc1cc(C)cc(-c2cc3cc(C(F)(F)F)ccc3c3ccncc23)c1. The van der Waals surface area contributed by atoms with Gasteiger partial charge in [-0.2, -0.15) is 13.2 Å². The Hall–Kier alpha value is -2.88. The predicted molar refractivity (Wildman–Crippen MR) is 99.2 cm³/mol. The molecule has 0 bridgehead atoms. The summed E-state index contributed by atoms with van der Waals surface area (Å²) < 4.78 is 39.4. The number of benzene rings is 3. The van der Waals surface area contributed by atoms with Gasteiger partial charge in [-0.15, -0.1) is 0 Å². The van der Waals surface area contributed by atoms with Crippen LogP contribution in [0.15, 0.2) is 60.9 Å². The summed E-state index contributed by atoms with van der Waals surface area (Å²) in [6.07, 6.45) is -0.911. The van der Waals surface area contributed by atoms with E-state index in [4.69, 9.17) is 0 Å². The molecule has 0 atom stereocenters. The number of hydrogen-bond donors (Lipinski definition) is 0. The molecule has 0 amide bonds. The molecule has 4 aromatic rings. The number of fused-ring (bicyclic) bond motifs is 3. The monoisotopic (exact) mass is 351 g/mol. The Morgan fingerprint density at radius 1 is 0.769 bits per heavy atom. The highest BCUT2D eigenvalue weighted by Crippen LogP contribution is 2.38. The fourth-order valence-electron chi connectivity index (χ4n) is 3.55. The molecule has 0 N–H and O–H groups in total. The number of rotatable bonds is 1. The molecule has 4 heteroatoms. The van der Waals surface area contributed by atoms with Gasteiger partial charge >= 0.3 is 6.18 Å². The molecule has 0 aliphatic carbocycles. The molecular weight excluding hydrogens is 335 g/mol. The lowest BCUT2D eigenvalue weighted by molar-refractivity contribution is -0.137. The summed E-state index contributed by atoms with van der Waals surface area (Å²) in [5.74, 6) is 0. The van der Waals surface area contributed by atoms with Crippen molar-refractivity contribution < 1.29 is 13.2 Å². The minimum absolute atomic E-state index is 0.577. The maximum Gasteiger partial charge on any atom is 0.416 e. The number of halogens is 3. The number of nitrogens with zero attached hydrogens (tertiary/aromatic N) is 1. The first-order valence-corrected chi connectivity index (χ1v) is 8.29. The van der Waals surface area contributed by atoms with Crippen molar-refractivity contribution in [2.75, 3.05) is 0 Å². The zero-order valence-corrected chi connectivity index (χ0v) is 14.4. The third-order valence-corrected chi connectivity index (χ3v) is 4.61. The van der Waals surface area contributed by atoms with Crippen molar-refractivity contribution >= 4 is 21.5 Å². The highest BCUT2D eigenvalue weighted by atomic mass is 19.4. The summed E-state index contributed by atoms with van der Waals surface area (Å²) in [6.45, 7) is 4.03. The lowest BCUT2D eigenvalue weighted by Crippen LogP contribution is -2.04. The van der Waals surface area contributed by atoms with Gasteiger partial charge < -0.3 is 0 Å². The normalized spacial score (nSPS) is 12.0. The third kappa shape index (κ3) is 2.81. The Balaban J connectivity index is 2.10. The van der Waals surface area contributed by atoms with Crippen molar-refractivity contribution in [1.82, 2.24) is 4.98 Å². The van der Waals surface area contributed by atoms with Crippen molar-refractivity contribution in [1.29, 1.82) is 0 Å². The Morgan fingerprint density at radius 3 is 2.19 bits per heavy atom. The lowest BCUT2D eigenvalue weighted by Gasteiger charge is -2.14. The molecule has 0 fully saturated rings. The zero-order chi connectivity index (χ0) is 18.5. The maximum atomic E-state index is 13.1. The molecule has 1 nitrogen and oxygen atoms in total. The van der Waals surface area contributed by atoms with Crippen LogP contribution in [0, 0.1) is 13.8 Å². The van der Waals surface area contributed by atoms with Crippen LogP contribution in [0.3, 0.4) is 0 Å². The van der Waals surface area contributed by atoms with Crippen molar-refractivity contribution in [3.8, 4) is 11.1 Å². The fraction of sp³-hybridized carbons (Fsp3) is 0.136. The average Bonchev–Trinajstić information content (AvgIpc) is 2.59. The van der Waals surface area contributed by atoms with E-state index in [-0.39, 0.29) is 0 Å². The molecule has 0 unspecified atom stereocenters. The van der Waals surface area contributed by atoms with Crippen LogP contribution in [0.1, 0.15) is 16.7 Å². The van der Waals surface area contributed by atoms with E-state index in [0.717, 1.165) is 44.5 Å². The highest BCUT2D eigenvalue weighted by molar-refractivity contribution is 6.13. The number of pyridine rings is 1. The van der Waals surface area contributed by atoms with Gasteiger partial charge in [-0.05, 0) is 65.4 Å². The van der Waals surface area contributed by atoms with Gasteiger partial charge in [0.15, 0.2) is 0 Å². The molecule has 0 spiro atoms. The van der Waals surface area contributed by atoms with Gasteiger partial charge in [0, 0.05) is 17.8 Å². The highest BCUT2D eigenvalue weighted by Gasteiger charge is 2.30. The van der Waals surface area contributed by atoms with Crippen molar-refractivity contribution in [3.05, 3.63) is 77.6 Å². The summed E-state index contributed by atoms with van der Waals surface area (Å²) in [4.78, 5) is 4.23. The van der Waals surface area contributed by atoms with Gasteiger partial charge in [0.05, 0.1) is 5.56 Å². The lowest BCUT2D eigenvalue weighted by atomic mass is 9.92. The molecule has 1 aromatic heterocycles. The van der Waals surface area contributed by atoms with Gasteiger partial charge in [-0.3, -0.25) is 4.98 Å². The van der Waals surface area contributed by atoms with Crippen LogP contribution in [-0.2, 0) is 6.18 Å². The summed E-state index contributed by atoms with van der Waals surface area (Å²) >= 11 is 0. The minimum atomic E-state index is -4.36. The summed E-state index contributed by atoms with van der Waals surface area (Å²) in [5, 5.41) is 3.21. The smallest absolute Gasteiger partial charge is 0.264 e. The van der Waals surface area contributed by atoms with E-state index < -0.39 is 11.7 Å². The van der Waals surface area contributed by atoms with Crippen LogP contribution >= 0.6 is 0 Å². The zero-order valence-electron chi connectivity index (χ0n) is 14.4. The van der Waals surface area contributed by atoms with Gasteiger partial charge in [0.1, 0.15) is 0 Å². The largest absolute Gasteiger partial charge is 0.416 e. The number of alkyl halides is 3. The second kappa shape index (κ2) is 5.84. The first-order valence-electron chi connectivity index (χ1n) is 8.29. The van der Waals surface area contributed by atoms with Gasteiger partial charge in [-0.25, -0.2) is 0 Å². The maximum absolute atomic E-state index is 13.1. The Morgan fingerprint density at radius 2 is 1.50 bits per heavy atom. The van der Waals surface area contributed by atoms with Gasteiger partial charge in [0.25, 0.3) is 0 Å². The van der Waals surface area contributed by atoms with Crippen LogP contribution in [-0.4, -0.2) is 4.98 Å². The van der Waals surface area contributed by atoms with E-state index in [1.165, 1.54) is 6.07 Å². The molecule has 0 aliphatic heterocycles. The standard InChI is InChI=1S/C22H16F3N/c1-13-7-14(2)9-15(8-13)20-11-16-10-17(22(23,24)25)3-4-18(16)19-5-6-26-12-21(19)20/h3-12H,1-2H3. The average molecular weight is 351 g/mol. The quantitative estimate of drug-likeness (QED) is 0.348. The van der Waals surface area contributed by atoms with E-state index in [9.17, 15) is 13.2 Å². The molecule has 3 aromatic carbocycles. The van der Waals surface area contributed by atoms with Crippen LogP contribution in [0.2, 0.25) is 0 Å². The van der Waals surface area contributed by atoms with Crippen LogP contribution in [0.25, 0.3) is 32.7 Å². The van der Waals surface area contributed by atoms with Crippen molar-refractivity contribution in [2.24, 2.45) is 0 Å². The third-order valence-electron chi connectivity index (χ3n) is 4.61. The molecule has 0 saturated heterocycles. The Labute approximate surface area is 149 Å². The first-order chi connectivity index (χ1) is 12.3. The molecule has 4 rings (SSSR count). The minimum Gasteiger partial charge on any atom is -0.264 e. The Bertz CT molecular complexity index is 1120. The fourth-order valence-corrected chi connectivity index (χ4v) is 3.55. The van der Waals surface area contributed by atoms with Gasteiger partial charge in [0.2, 0.25) is 0 Å². The van der Waals surface area contributed by atoms with Crippen LogP contribution in [0.5, 0.6) is 0 Å². The molecular formula is C22H16F3N. The molecule has 130 valence electrons. The van der Waals surface area contributed by atoms with Crippen molar-refractivity contribution in [2.45, 2.75) is 20.0 Å². The van der Waals surface area contributed by atoms with E-state index in [2.05, 4.69) is 11.1 Å². The molecule has 0 saturated carbocycles. The Kier molecular flexibility index (Phi) is 3.72. The predicted octanol–water partition coefficient (Wildman–Crippen LogP) is 6.69. The summed E-state index contributed by atoms with van der Waals surface area (Å²) in [6, 6.07) is 13.8. The summed E-state index contributed by atoms with van der Waals surface area (Å²) in [7, 11) is 0. The van der Waals surface area contributed by atoms with E-state index in [1.807, 2.05) is 38.1 Å². The summed E-state index contributed by atoms with van der Waals surface area (Å²) in [5.41, 5.74) is 3.47. The second-order valence-electron chi connectivity index (χ2n) is 6.66. The number of aromatic nitrogens is 1. The molecule has 0 aliphatic rings. The molecule has 0 radical (unpaired) electrons. The topological polar surface area (TPSA) is 12.9 Å². The van der Waals surface area contributed by atoms with Crippen LogP contribution < -0.4 is 0 Å². The van der Waals surface area contributed by atoms with Crippen molar-refractivity contribution in [3.63, 3.8) is 0 Å².